The van der Waals surface area contributed by atoms with Crippen molar-refractivity contribution in [2.45, 2.75) is 205 Å². The topological polar surface area (TPSA) is 306 Å². The van der Waals surface area contributed by atoms with E-state index in [1.54, 1.807) is 58.6 Å². The van der Waals surface area contributed by atoms with Crippen molar-refractivity contribution in [1.29, 1.82) is 0 Å². The molecule has 1 saturated carbocycles. The van der Waals surface area contributed by atoms with Gasteiger partial charge in [0.05, 0.1) is 52.2 Å². The van der Waals surface area contributed by atoms with Crippen LogP contribution in [0.3, 0.4) is 0 Å². The first kappa shape index (κ1) is 74.6. The van der Waals surface area contributed by atoms with E-state index in [-0.39, 0.29) is 68.9 Å². The van der Waals surface area contributed by atoms with E-state index in [9.17, 15) is 58.5 Å². The number of hydrogen-bond donors (Lipinski definition) is 6. The van der Waals surface area contributed by atoms with Crippen LogP contribution >= 0.6 is 0 Å². The molecule has 94 heavy (non-hydrogen) atoms. The van der Waals surface area contributed by atoms with Gasteiger partial charge in [-0.05, 0) is 144 Å². The molecule has 4 aromatic carbocycles. The molecule has 23 heteroatoms. The lowest BCUT2D eigenvalue weighted by Crippen LogP contribution is -2.56. The van der Waals surface area contributed by atoms with E-state index in [4.69, 9.17) is 23.7 Å². The molecule has 0 radical (unpaired) electrons. The van der Waals surface area contributed by atoms with Gasteiger partial charge in [0.1, 0.15) is 36.3 Å². The molecule has 2 fully saturated rings. The van der Waals surface area contributed by atoms with Gasteiger partial charge in [0, 0.05) is 32.0 Å². The monoisotopic (exact) mass is 1300 g/mol. The third kappa shape index (κ3) is 20.3. The van der Waals surface area contributed by atoms with Gasteiger partial charge in [0.2, 0.25) is 17.7 Å². The number of fused-ring (bicyclic) bond motifs is 3. The Labute approximate surface area is 551 Å². The van der Waals surface area contributed by atoms with Gasteiger partial charge >= 0.3 is 35.8 Å². The summed E-state index contributed by atoms with van der Waals surface area (Å²) in [6.07, 6.45) is 8.44. The number of aryl methyl sites for hydroxylation is 2. The molecule has 1 aliphatic carbocycles. The molecule has 4 aliphatic rings. The van der Waals surface area contributed by atoms with Crippen molar-refractivity contribution in [3.63, 3.8) is 0 Å². The molecule has 0 unspecified atom stereocenters. The number of aliphatic carboxylic acids is 3. The fourth-order valence-corrected chi connectivity index (χ4v) is 12.9. The Morgan fingerprint density at radius 3 is 1.32 bits per heavy atom. The number of carbonyl (C=O) groups excluding carboxylic acids is 6. The van der Waals surface area contributed by atoms with Crippen molar-refractivity contribution in [1.82, 2.24) is 30.7 Å². The lowest BCUT2D eigenvalue weighted by Gasteiger charge is -2.37. The van der Waals surface area contributed by atoms with Crippen molar-refractivity contribution < 1.29 is 82.2 Å². The Bertz CT molecular complexity index is 3190. The maximum atomic E-state index is 13.5. The van der Waals surface area contributed by atoms with E-state index in [1.165, 1.54) is 24.0 Å². The smallest absolute Gasteiger partial charge is 0.326 e. The Balaban J connectivity index is 0.000000226. The van der Waals surface area contributed by atoms with Crippen molar-refractivity contribution in [3.8, 4) is 11.5 Å². The molecule has 1 saturated heterocycles. The van der Waals surface area contributed by atoms with E-state index in [2.05, 4.69) is 16.0 Å². The van der Waals surface area contributed by atoms with Gasteiger partial charge in [-0.3, -0.25) is 44.7 Å². The van der Waals surface area contributed by atoms with Crippen LogP contribution in [-0.4, -0.2) is 178 Å². The SMILES string of the molecule is CCC[C@H](N[C@@H](C)C(=O)N1[C@H](C(=O)O)C[C@@H]2CCCC[C@@H]21)C(=O)OCC.CCOC(=O)[C@H](CCc1ccccc1)N[C@@H](C)C(=O)N1Cc2cc(OC)c(OC)cc2C[C@H]1C(=O)O.CCOC(=O)[C@H](CCc1ccccc1)N[C@@H](C)C(=O)N1Cc2ccccc2C[C@H]1C(=O)O. The van der Waals surface area contributed by atoms with Crippen LogP contribution in [0, 0.1) is 5.92 Å². The summed E-state index contributed by atoms with van der Waals surface area (Å²) in [6.45, 7) is 13.3. The number of carbonyl (C=O) groups is 9. The van der Waals surface area contributed by atoms with Gasteiger partial charge < -0.3 is 53.7 Å². The van der Waals surface area contributed by atoms with Gasteiger partial charge in [-0.1, -0.05) is 111 Å². The highest BCUT2D eigenvalue weighted by Crippen LogP contribution is 2.40. The van der Waals surface area contributed by atoms with E-state index in [0.717, 1.165) is 65.5 Å². The third-order valence-corrected chi connectivity index (χ3v) is 17.7. The highest BCUT2D eigenvalue weighted by molar-refractivity contribution is 5.90. The Morgan fingerprint density at radius 1 is 0.489 bits per heavy atom. The second kappa shape index (κ2) is 36.9. The lowest BCUT2D eigenvalue weighted by atomic mass is 9.84. The predicted molar refractivity (Wildman–Crippen MR) is 349 cm³/mol. The first-order valence-corrected chi connectivity index (χ1v) is 32.9. The highest BCUT2D eigenvalue weighted by Gasteiger charge is 2.49. The number of carboxylic acid groups (broad SMARTS) is 3. The fraction of sp³-hybridized carbons (Fsp3) is 0.535. The second-order valence-electron chi connectivity index (χ2n) is 24.2. The van der Waals surface area contributed by atoms with Gasteiger partial charge in [0.25, 0.3) is 0 Å². The molecule has 11 atom stereocenters. The maximum Gasteiger partial charge on any atom is 0.326 e. The van der Waals surface area contributed by atoms with Gasteiger partial charge in [0.15, 0.2) is 11.5 Å². The molecule has 4 aromatic rings. The summed E-state index contributed by atoms with van der Waals surface area (Å²) in [5, 5.41) is 38.5. The van der Waals surface area contributed by atoms with E-state index in [0.29, 0.717) is 56.6 Å². The third-order valence-electron chi connectivity index (χ3n) is 17.7. The summed E-state index contributed by atoms with van der Waals surface area (Å²) in [7, 11) is 3.04. The molecule has 3 aliphatic heterocycles. The van der Waals surface area contributed by atoms with Crippen molar-refractivity contribution in [3.05, 3.63) is 130 Å². The normalized spacial score (nSPS) is 19.8. The van der Waals surface area contributed by atoms with Crippen LogP contribution in [0.5, 0.6) is 11.5 Å². The molecule has 0 spiro atoms. The van der Waals surface area contributed by atoms with Crippen LogP contribution in [0.4, 0.5) is 0 Å². The minimum Gasteiger partial charge on any atom is -0.493 e. The minimum absolute atomic E-state index is 0.00817. The summed E-state index contributed by atoms with van der Waals surface area (Å²) in [5.41, 5.74) is 5.61. The van der Waals surface area contributed by atoms with Crippen LogP contribution in [0.15, 0.2) is 97.1 Å². The van der Waals surface area contributed by atoms with Crippen molar-refractivity contribution in [2.75, 3.05) is 34.0 Å². The van der Waals surface area contributed by atoms with E-state index in [1.807, 2.05) is 91.9 Å². The first-order chi connectivity index (χ1) is 45.1. The maximum absolute atomic E-state index is 13.5. The van der Waals surface area contributed by atoms with Crippen molar-refractivity contribution in [2.24, 2.45) is 5.92 Å². The average Bonchev–Trinajstić information content (AvgIpc) is 1.68. The molecule has 8 rings (SSSR count). The molecular formula is C71H96N6O17. The number of likely N-dealkylation sites (tertiary alicyclic amines) is 1. The molecule has 3 heterocycles. The van der Waals surface area contributed by atoms with Crippen molar-refractivity contribution >= 4 is 53.5 Å². The number of nitrogens with zero attached hydrogens (tertiary/aromatic N) is 3. The van der Waals surface area contributed by atoms with Gasteiger partial charge in [-0.25, -0.2) is 14.4 Å². The zero-order valence-electron chi connectivity index (χ0n) is 55.7. The Hall–Kier alpha value is -8.41. The zero-order valence-corrected chi connectivity index (χ0v) is 55.7. The second-order valence-corrected chi connectivity index (χ2v) is 24.2. The number of esters is 3. The Kier molecular flexibility index (Phi) is 29.3. The molecular weight excluding hydrogens is 1210 g/mol. The quantitative estimate of drug-likeness (QED) is 0.0244. The van der Waals surface area contributed by atoms with Crippen LogP contribution in [0.2, 0.25) is 0 Å². The van der Waals surface area contributed by atoms with Crippen LogP contribution < -0.4 is 25.4 Å². The number of hydrogen-bond acceptors (Lipinski definition) is 17. The number of nitrogens with one attached hydrogen (secondary N) is 3. The number of amides is 3. The number of benzene rings is 4. The summed E-state index contributed by atoms with van der Waals surface area (Å²) < 4.78 is 26.2. The van der Waals surface area contributed by atoms with Gasteiger partial charge in [-0.2, -0.15) is 0 Å². The first-order valence-electron chi connectivity index (χ1n) is 32.9. The average molecular weight is 1310 g/mol. The summed E-state index contributed by atoms with van der Waals surface area (Å²) in [6, 6.07) is 23.8. The number of ether oxygens (including phenoxy) is 5. The minimum atomic E-state index is -1.10. The zero-order chi connectivity index (χ0) is 68.6. The molecule has 23 nitrogen and oxygen atoms in total. The van der Waals surface area contributed by atoms with Gasteiger partial charge in [-0.15, -0.1) is 0 Å². The van der Waals surface area contributed by atoms with E-state index >= 15 is 0 Å². The number of carboxylic acids is 3. The van der Waals surface area contributed by atoms with Crippen LogP contribution in [0.1, 0.15) is 140 Å². The Morgan fingerprint density at radius 2 is 0.883 bits per heavy atom. The molecule has 6 N–H and O–H groups in total. The molecule has 512 valence electrons. The van der Waals surface area contributed by atoms with Crippen LogP contribution in [-0.2, 0) is 96.1 Å². The summed E-state index contributed by atoms with van der Waals surface area (Å²) >= 11 is 0. The fourth-order valence-electron chi connectivity index (χ4n) is 12.9. The molecule has 0 aromatic heterocycles. The number of rotatable bonds is 28. The highest BCUT2D eigenvalue weighted by atomic mass is 16.5. The predicted octanol–water partition coefficient (Wildman–Crippen LogP) is 7.09. The number of methoxy groups -OCH3 is 2. The lowest BCUT2D eigenvalue weighted by molar-refractivity contribution is -0.153. The largest absolute Gasteiger partial charge is 0.493 e. The summed E-state index contributed by atoms with van der Waals surface area (Å²) in [4.78, 5) is 117. The molecule has 0 bridgehead atoms. The standard InChI is InChI=1S/C27H34N2O7.C25H30N2O5.C19H32N2O5/c1-5-36-27(33)21(12-11-18-9-7-6-8-10-18)28-17(2)25(30)29-16-20-15-24(35-4)23(34-3)14-19(20)13-22(29)26(31)32;1-3-32-25(31)21(14-13-18-9-5-4-6-10-18)26-17(2)23(28)27-16-20-12-8-7-11-19(20)15-22(27)24(29)30;1-4-8-14(19(25)26-5-2)20-12(3)17(22)21-15-10-7-6-9-13(15)11-16(21)18(23)24/h6-10,14-15,17,21-22,28H,5,11-13,16H2,1-4H3,(H,31,32);4-12,17,21-22,26H,3,13-16H2,1-2H3,(H,29,30);12-16,20H,4-11H2,1-3H3,(H,23,24)/t2*17-,21-,22-;12-,13-,14-,15-,16-/m000/s1. The summed E-state index contributed by atoms with van der Waals surface area (Å²) in [5.74, 6) is -3.97. The van der Waals surface area contributed by atoms with Crippen LogP contribution in [0.25, 0.3) is 0 Å². The van der Waals surface area contributed by atoms with E-state index < -0.39 is 90.1 Å². The molecule has 3 amide bonds.